The lowest BCUT2D eigenvalue weighted by Crippen LogP contribution is -2.16. The van der Waals surface area contributed by atoms with E-state index in [1.54, 1.807) is 0 Å². The second kappa shape index (κ2) is 5.26. The molecule has 0 aliphatic carbocycles. The average molecular weight is 277 g/mol. The summed E-state index contributed by atoms with van der Waals surface area (Å²) in [6, 6.07) is 4.47. The third-order valence-corrected chi connectivity index (χ3v) is 2.37. The first-order valence-corrected chi connectivity index (χ1v) is 5.31. The zero-order chi connectivity index (χ0) is 14.7. The Morgan fingerprint density at radius 2 is 2.20 bits per heavy atom. The molecule has 1 heterocycles. The van der Waals surface area contributed by atoms with Gasteiger partial charge < -0.3 is 11.1 Å². The van der Waals surface area contributed by atoms with Crippen LogP contribution in [0.1, 0.15) is 10.4 Å². The van der Waals surface area contributed by atoms with E-state index in [1.165, 1.54) is 18.3 Å². The number of nitrogen functional groups attached to an aromatic ring is 1. The van der Waals surface area contributed by atoms with Crippen molar-refractivity contribution in [3.8, 4) is 0 Å². The number of carbonyl (C=O) groups is 1. The predicted molar refractivity (Wildman–Crippen MR) is 67.5 cm³/mol. The number of rotatable bonds is 3. The van der Waals surface area contributed by atoms with Gasteiger partial charge in [0.2, 0.25) is 0 Å². The van der Waals surface area contributed by atoms with Crippen molar-refractivity contribution in [3.63, 3.8) is 0 Å². The molecule has 0 fully saturated rings. The second-order valence-corrected chi connectivity index (χ2v) is 3.71. The SMILES string of the molecule is Nc1cc(C(=O)Nc2cccnn2)c([N+](=O)[O-])cc1F. The smallest absolute Gasteiger partial charge is 0.285 e. The van der Waals surface area contributed by atoms with Crippen molar-refractivity contribution in [2.24, 2.45) is 0 Å². The van der Waals surface area contributed by atoms with E-state index in [1.807, 2.05) is 0 Å². The topological polar surface area (TPSA) is 124 Å². The van der Waals surface area contributed by atoms with Crippen LogP contribution in [0.3, 0.4) is 0 Å². The van der Waals surface area contributed by atoms with Crippen LogP contribution >= 0.6 is 0 Å². The molecule has 0 radical (unpaired) electrons. The number of anilines is 2. The fraction of sp³-hybridized carbons (Fsp3) is 0. The molecule has 1 amide bonds. The zero-order valence-electron chi connectivity index (χ0n) is 9.91. The predicted octanol–water partition coefficient (Wildman–Crippen LogP) is 1.36. The third kappa shape index (κ3) is 2.66. The van der Waals surface area contributed by atoms with Crippen molar-refractivity contribution < 1.29 is 14.1 Å². The van der Waals surface area contributed by atoms with E-state index in [4.69, 9.17) is 5.73 Å². The Balaban J connectivity index is 2.39. The number of hydrogen-bond donors (Lipinski definition) is 2. The molecular formula is C11H8FN5O3. The third-order valence-electron chi connectivity index (χ3n) is 2.37. The van der Waals surface area contributed by atoms with Crippen molar-refractivity contribution in [3.05, 3.63) is 52.0 Å². The maximum atomic E-state index is 13.2. The number of benzene rings is 1. The summed E-state index contributed by atoms with van der Waals surface area (Å²) in [4.78, 5) is 21.9. The number of nitrogens with two attached hydrogens (primary N) is 1. The molecule has 9 heteroatoms. The van der Waals surface area contributed by atoms with Crippen molar-refractivity contribution in [1.82, 2.24) is 10.2 Å². The van der Waals surface area contributed by atoms with Gasteiger partial charge >= 0.3 is 0 Å². The number of nitrogens with one attached hydrogen (secondary N) is 1. The molecule has 0 bridgehead atoms. The van der Waals surface area contributed by atoms with Gasteiger partial charge in [-0.3, -0.25) is 14.9 Å². The summed E-state index contributed by atoms with van der Waals surface area (Å²) < 4.78 is 13.2. The Morgan fingerprint density at radius 3 is 2.80 bits per heavy atom. The molecule has 0 aliphatic heterocycles. The van der Waals surface area contributed by atoms with Crippen LogP contribution in [0.25, 0.3) is 0 Å². The number of carbonyl (C=O) groups excluding carboxylic acids is 1. The number of nitrogens with zero attached hydrogens (tertiary/aromatic N) is 3. The van der Waals surface area contributed by atoms with Gasteiger partial charge in [-0.1, -0.05) is 0 Å². The van der Waals surface area contributed by atoms with Crippen molar-refractivity contribution in [2.45, 2.75) is 0 Å². The minimum Gasteiger partial charge on any atom is -0.396 e. The monoisotopic (exact) mass is 277 g/mol. The first-order valence-electron chi connectivity index (χ1n) is 5.31. The van der Waals surface area contributed by atoms with Gasteiger partial charge in [-0.2, -0.15) is 5.10 Å². The molecule has 0 saturated carbocycles. The van der Waals surface area contributed by atoms with Gasteiger partial charge in [-0.05, 0) is 18.2 Å². The lowest BCUT2D eigenvalue weighted by Gasteiger charge is -2.06. The van der Waals surface area contributed by atoms with E-state index >= 15 is 0 Å². The molecule has 0 spiro atoms. The Kier molecular flexibility index (Phi) is 3.51. The van der Waals surface area contributed by atoms with Crippen LogP contribution < -0.4 is 11.1 Å². The molecule has 0 saturated heterocycles. The highest BCUT2D eigenvalue weighted by Crippen LogP contribution is 2.25. The van der Waals surface area contributed by atoms with Crippen molar-refractivity contribution >= 4 is 23.1 Å². The summed E-state index contributed by atoms with van der Waals surface area (Å²) in [6.45, 7) is 0. The molecule has 0 unspecified atom stereocenters. The molecule has 8 nitrogen and oxygen atoms in total. The number of halogens is 1. The summed E-state index contributed by atoms with van der Waals surface area (Å²) in [7, 11) is 0. The lowest BCUT2D eigenvalue weighted by molar-refractivity contribution is -0.385. The minimum absolute atomic E-state index is 0.106. The minimum atomic E-state index is -0.965. The molecule has 0 aliphatic rings. The molecule has 0 atom stereocenters. The largest absolute Gasteiger partial charge is 0.396 e. The number of aromatic nitrogens is 2. The quantitative estimate of drug-likeness (QED) is 0.495. The Hall–Kier alpha value is -3.10. The number of hydrogen-bond acceptors (Lipinski definition) is 6. The van der Waals surface area contributed by atoms with Gasteiger partial charge in [0.25, 0.3) is 11.6 Å². The van der Waals surface area contributed by atoms with E-state index in [2.05, 4.69) is 15.5 Å². The van der Waals surface area contributed by atoms with E-state index in [9.17, 15) is 19.3 Å². The number of nitro benzene ring substituents is 1. The standard InChI is InChI=1S/C11H8FN5O3/c12-7-5-9(17(19)20)6(4-8(7)13)11(18)15-10-2-1-3-14-16-10/h1-5H,13H2,(H,15,16,18). The summed E-state index contributed by atoms with van der Waals surface area (Å²) in [6.07, 6.45) is 1.40. The maximum Gasteiger partial charge on any atom is 0.285 e. The highest BCUT2D eigenvalue weighted by atomic mass is 19.1. The molecule has 102 valence electrons. The fourth-order valence-electron chi connectivity index (χ4n) is 1.46. The summed E-state index contributed by atoms with van der Waals surface area (Å²) in [5, 5.41) is 20.3. The highest BCUT2D eigenvalue weighted by molar-refractivity contribution is 6.07. The Labute approximate surface area is 111 Å². The lowest BCUT2D eigenvalue weighted by atomic mass is 10.1. The zero-order valence-corrected chi connectivity index (χ0v) is 9.91. The average Bonchev–Trinajstić information content (AvgIpc) is 2.42. The van der Waals surface area contributed by atoms with Gasteiger partial charge in [-0.15, -0.1) is 5.10 Å². The van der Waals surface area contributed by atoms with Crippen LogP contribution in [0.2, 0.25) is 0 Å². The molecule has 1 aromatic carbocycles. The maximum absolute atomic E-state index is 13.2. The van der Waals surface area contributed by atoms with Gasteiger partial charge in [0.15, 0.2) is 11.6 Å². The van der Waals surface area contributed by atoms with Crippen molar-refractivity contribution in [1.29, 1.82) is 0 Å². The summed E-state index contributed by atoms with van der Waals surface area (Å²) >= 11 is 0. The molecule has 1 aromatic heterocycles. The summed E-state index contributed by atoms with van der Waals surface area (Å²) in [5.41, 5.74) is 3.91. The van der Waals surface area contributed by atoms with Crippen molar-refractivity contribution in [2.75, 3.05) is 11.1 Å². The van der Waals surface area contributed by atoms with Crippen LogP contribution in [0.5, 0.6) is 0 Å². The highest BCUT2D eigenvalue weighted by Gasteiger charge is 2.23. The van der Waals surface area contributed by atoms with Gasteiger partial charge in [0.05, 0.1) is 16.7 Å². The van der Waals surface area contributed by atoms with Crippen LogP contribution in [0.15, 0.2) is 30.5 Å². The first-order chi connectivity index (χ1) is 9.49. The Morgan fingerprint density at radius 1 is 1.45 bits per heavy atom. The van der Waals surface area contributed by atoms with E-state index in [0.29, 0.717) is 6.07 Å². The van der Waals surface area contributed by atoms with Crippen LogP contribution in [-0.2, 0) is 0 Å². The molecule has 3 N–H and O–H groups in total. The van der Waals surface area contributed by atoms with Crippen LogP contribution in [0.4, 0.5) is 21.6 Å². The summed E-state index contributed by atoms with van der Waals surface area (Å²) in [5.74, 6) is -1.69. The van der Waals surface area contributed by atoms with E-state index in [-0.39, 0.29) is 17.1 Å². The molecule has 2 aromatic rings. The normalized spacial score (nSPS) is 10.1. The molecule has 20 heavy (non-hydrogen) atoms. The number of nitro groups is 1. The van der Waals surface area contributed by atoms with Crippen LogP contribution in [0, 0.1) is 15.9 Å². The van der Waals surface area contributed by atoms with E-state index < -0.39 is 22.3 Å². The van der Waals surface area contributed by atoms with Gasteiger partial charge in [0.1, 0.15) is 5.56 Å². The molecule has 2 rings (SSSR count). The second-order valence-electron chi connectivity index (χ2n) is 3.71. The van der Waals surface area contributed by atoms with Gasteiger partial charge in [0, 0.05) is 6.20 Å². The van der Waals surface area contributed by atoms with E-state index in [0.717, 1.165) is 6.07 Å². The fourth-order valence-corrected chi connectivity index (χ4v) is 1.46. The molecular weight excluding hydrogens is 269 g/mol. The first kappa shape index (κ1) is 13.3. The van der Waals surface area contributed by atoms with Gasteiger partial charge in [-0.25, -0.2) is 4.39 Å². The Bertz CT molecular complexity index is 677. The number of amides is 1. The van der Waals surface area contributed by atoms with Crippen LogP contribution in [-0.4, -0.2) is 21.0 Å².